The van der Waals surface area contributed by atoms with Crippen LogP contribution in [0, 0.1) is 5.92 Å². The minimum Gasteiger partial charge on any atom is -0.497 e. The first-order valence-electron chi connectivity index (χ1n) is 14.0. The van der Waals surface area contributed by atoms with E-state index in [1.807, 2.05) is 19.1 Å². The summed E-state index contributed by atoms with van der Waals surface area (Å²) in [5, 5.41) is 0. The van der Waals surface area contributed by atoms with Crippen LogP contribution in [0.2, 0.25) is 0 Å². The van der Waals surface area contributed by atoms with E-state index in [1.165, 1.54) is 32.1 Å². The van der Waals surface area contributed by atoms with Crippen molar-refractivity contribution in [3.05, 3.63) is 29.8 Å². The van der Waals surface area contributed by atoms with E-state index in [1.54, 1.807) is 7.11 Å². The fourth-order valence-corrected chi connectivity index (χ4v) is 8.01. The first-order valence-corrected chi connectivity index (χ1v) is 16.1. The number of carbonyl (C=O) groups is 1. The zero-order chi connectivity index (χ0) is 26.4. The van der Waals surface area contributed by atoms with Crippen molar-refractivity contribution in [1.82, 2.24) is 4.90 Å². The first kappa shape index (κ1) is 29.3. The van der Waals surface area contributed by atoms with E-state index in [2.05, 4.69) is 51.0 Å². The van der Waals surface area contributed by atoms with Gasteiger partial charge >= 0.3 is 0 Å². The molecule has 5 nitrogen and oxygen atoms in total. The minimum atomic E-state index is -1.17. The van der Waals surface area contributed by atoms with Crippen molar-refractivity contribution < 1.29 is 18.5 Å². The van der Waals surface area contributed by atoms with Crippen molar-refractivity contribution in [3.63, 3.8) is 0 Å². The van der Waals surface area contributed by atoms with Gasteiger partial charge in [0.15, 0.2) is 0 Å². The van der Waals surface area contributed by atoms with E-state index in [-0.39, 0.29) is 16.7 Å². The lowest BCUT2D eigenvalue weighted by atomic mass is 9.81. The average Bonchev–Trinajstić information content (AvgIpc) is 2.85. The van der Waals surface area contributed by atoms with Gasteiger partial charge in [-0.25, -0.2) is 0 Å². The van der Waals surface area contributed by atoms with Crippen molar-refractivity contribution in [3.8, 4) is 5.75 Å². The van der Waals surface area contributed by atoms with Crippen LogP contribution in [0.1, 0.15) is 91.5 Å². The lowest BCUT2D eigenvalue weighted by Gasteiger charge is -2.48. The molecule has 1 heterocycles. The lowest BCUT2D eigenvalue weighted by molar-refractivity contribution is -0.184. The standard InChI is InChI=1S/C30H51NO4S/c1-8-21-36(7,29(2,3)4)35-20-12-19-30(5)28(32)31(22-24-15-17-26(33-6)18-16-24)27(23-34-30)25-13-10-9-11-14-25/h15-18,25,27H,8-14,19-23H2,1-7H3/t27-,30+/m0/s1. The maximum Gasteiger partial charge on any atom is 0.255 e. The predicted octanol–water partition coefficient (Wildman–Crippen LogP) is 7.12. The molecule has 1 aromatic carbocycles. The first-order chi connectivity index (χ1) is 17.0. The third kappa shape index (κ3) is 6.99. The van der Waals surface area contributed by atoms with E-state index < -0.39 is 15.9 Å². The average molecular weight is 522 g/mol. The Kier molecular flexibility index (Phi) is 10.2. The summed E-state index contributed by atoms with van der Waals surface area (Å²) in [7, 11) is 0.515. The predicted molar refractivity (Wildman–Crippen MR) is 152 cm³/mol. The third-order valence-corrected chi connectivity index (χ3v) is 12.9. The number of carbonyl (C=O) groups excluding carboxylic acids is 1. The van der Waals surface area contributed by atoms with Crippen LogP contribution in [0.5, 0.6) is 5.75 Å². The van der Waals surface area contributed by atoms with Crippen molar-refractivity contribution >= 4 is 16.2 Å². The number of methoxy groups -OCH3 is 1. The Labute approximate surface area is 222 Å². The summed E-state index contributed by atoms with van der Waals surface area (Å²) in [6, 6.07) is 8.28. The maximum atomic E-state index is 14.0. The Morgan fingerprint density at radius 2 is 1.81 bits per heavy atom. The van der Waals surface area contributed by atoms with Gasteiger partial charge in [0.1, 0.15) is 11.4 Å². The molecule has 0 spiro atoms. The highest BCUT2D eigenvalue weighted by molar-refractivity contribution is 8.30. The molecule has 0 radical (unpaired) electrons. The number of nitrogens with zero attached hydrogens (tertiary/aromatic N) is 1. The quantitative estimate of drug-likeness (QED) is 0.291. The zero-order valence-corrected chi connectivity index (χ0v) is 24.8. The van der Waals surface area contributed by atoms with E-state index in [9.17, 15) is 4.79 Å². The molecule has 3 atom stereocenters. The van der Waals surface area contributed by atoms with E-state index in [4.69, 9.17) is 13.7 Å². The van der Waals surface area contributed by atoms with Crippen LogP contribution in [-0.2, 0) is 20.3 Å². The number of benzene rings is 1. The Morgan fingerprint density at radius 3 is 2.39 bits per heavy atom. The molecule has 1 aromatic rings. The van der Waals surface area contributed by atoms with Crippen LogP contribution in [0.25, 0.3) is 0 Å². The highest BCUT2D eigenvalue weighted by atomic mass is 32.3. The molecule has 0 bridgehead atoms. The fraction of sp³-hybridized carbons (Fsp3) is 0.767. The molecule has 0 aromatic heterocycles. The molecule has 1 saturated carbocycles. The van der Waals surface area contributed by atoms with Gasteiger partial charge in [0.05, 0.1) is 26.4 Å². The topological polar surface area (TPSA) is 48.0 Å². The molecule has 1 amide bonds. The molecule has 6 heteroatoms. The Morgan fingerprint density at radius 1 is 1.14 bits per heavy atom. The number of ether oxygens (including phenoxy) is 2. The largest absolute Gasteiger partial charge is 0.497 e. The van der Waals surface area contributed by atoms with E-state index in [0.717, 1.165) is 29.9 Å². The maximum absolute atomic E-state index is 14.0. The van der Waals surface area contributed by atoms with Gasteiger partial charge in [0.2, 0.25) is 0 Å². The summed E-state index contributed by atoms with van der Waals surface area (Å²) >= 11 is 0. The smallest absolute Gasteiger partial charge is 0.255 e. The van der Waals surface area contributed by atoms with Gasteiger partial charge in [-0.2, -0.15) is 0 Å². The number of hydrogen-bond donors (Lipinski definition) is 0. The van der Waals surface area contributed by atoms with Crippen molar-refractivity contribution in [2.75, 3.05) is 32.3 Å². The fourth-order valence-electron chi connectivity index (χ4n) is 5.66. The van der Waals surface area contributed by atoms with Gasteiger partial charge in [-0.3, -0.25) is 4.79 Å². The van der Waals surface area contributed by atoms with Crippen LogP contribution in [0.15, 0.2) is 24.3 Å². The number of hydrogen-bond acceptors (Lipinski definition) is 4. The molecule has 3 rings (SSSR count). The summed E-state index contributed by atoms with van der Waals surface area (Å²) < 4.78 is 18.5. The monoisotopic (exact) mass is 521 g/mol. The number of morpholine rings is 1. The summed E-state index contributed by atoms with van der Waals surface area (Å²) in [4.78, 5) is 16.2. The van der Waals surface area contributed by atoms with Crippen LogP contribution >= 0.6 is 10.3 Å². The Hall–Kier alpha value is -1.24. The highest BCUT2D eigenvalue weighted by Crippen LogP contribution is 2.57. The van der Waals surface area contributed by atoms with Gasteiger partial charge in [-0.1, -0.05) is 59.1 Å². The van der Waals surface area contributed by atoms with E-state index >= 15 is 0 Å². The van der Waals surface area contributed by atoms with E-state index in [0.29, 0.717) is 32.1 Å². The summed E-state index contributed by atoms with van der Waals surface area (Å²) in [6.45, 7) is 13.0. The molecule has 2 aliphatic rings. The molecule has 1 unspecified atom stereocenters. The second-order valence-electron chi connectivity index (χ2n) is 12.0. The summed E-state index contributed by atoms with van der Waals surface area (Å²) in [6.07, 6.45) is 11.2. The molecule has 36 heavy (non-hydrogen) atoms. The molecule has 0 N–H and O–H groups in total. The molecule has 1 aliphatic carbocycles. The second kappa shape index (κ2) is 12.5. The molecule has 206 valence electrons. The molecule has 1 saturated heterocycles. The zero-order valence-electron chi connectivity index (χ0n) is 23.9. The van der Waals surface area contributed by atoms with Crippen molar-refractivity contribution in [2.24, 2.45) is 5.92 Å². The Balaban J connectivity index is 1.70. The summed E-state index contributed by atoms with van der Waals surface area (Å²) in [5.74, 6) is 2.62. The van der Waals surface area contributed by atoms with Crippen LogP contribution in [0.4, 0.5) is 0 Å². The Bertz CT molecular complexity index is 832. The van der Waals surface area contributed by atoms with Crippen molar-refractivity contribution in [2.45, 2.75) is 109 Å². The van der Waals surface area contributed by atoms with Gasteiger partial charge in [-0.05, 0) is 74.7 Å². The van der Waals surface area contributed by atoms with Crippen molar-refractivity contribution in [1.29, 1.82) is 0 Å². The highest BCUT2D eigenvalue weighted by Gasteiger charge is 2.47. The van der Waals surface area contributed by atoms with Crippen LogP contribution in [-0.4, -0.2) is 59.5 Å². The van der Waals surface area contributed by atoms with Crippen LogP contribution in [0.3, 0.4) is 0 Å². The SMILES string of the molecule is CCCS(C)(OCCC[C@@]1(C)OC[C@@H](C2CCCCC2)N(Cc2ccc(OC)cc2)C1=O)C(C)(C)C. The number of amides is 1. The minimum absolute atomic E-state index is 0.139. The second-order valence-corrected chi connectivity index (χ2v) is 15.9. The van der Waals surface area contributed by atoms with Gasteiger partial charge in [-0.15, -0.1) is 10.3 Å². The normalized spacial score (nSPS) is 26.5. The number of rotatable bonds is 11. The van der Waals surface area contributed by atoms with Gasteiger partial charge in [0.25, 0.3) is 5.91 Å². The summed E-state index contributed by atoms with van der Waals surface area (Å²) in [5.41, 5.74) is 0.348. The third-order valence-electron chi connectivity index (χ3n) is 8.42. The molecular formula is C30H51NO4S. The molecule has 1 aliphatic heterocycles. The lowest BCUT2D eigenvalue weighted by Crippen LogP contribution is -2.61. The molecule has 2 fully saturated rings. The van der Waals surface area contributed by atoms with Gasteiger partial charge in [0, 0.05) is 11.3 Å². The van der Waals surface area contributed by atoms with Gasteiger partial charge < -0.3 is 18.6 Å². The molecular weight excluding hydrogens is 470 g/mol. The van der Waals surface area contributed by atoms with Crippen LogP contribution < -0.4 is 4.74 Å².